The molecule has 0 bridgehead atoms. The Balaban J connectivity index is 1.53. The van der Waals surface area contributed by atoms with Crippen molar-refractivity contribution in [3.05, 3.63) is 18.5 Å². The van der Waals surface area contributed by atoms with Crippen LogP contribution in [0.15, 0.2) is 18.5 Å². The number of urea groups is 1. The van der Waals surface area contributed by atoms with Crippen molar-refractivity contribution in [2.45, 2.75) is 50.4 Å². The molecule has 10 nitrogen and oxygen atoms in total. The van der Waals surface area contributed by atoms with Crippen LogP contribution in [0.3, 0.4) is 0 Å². The van der Waals surface area contributed by atoms with Gasteiger partial charge in [-0.25, -0.2) is 23.2 Å². The molecule has 1 unspecified atom stereocenters. The molecule has 0 aliphatic carbocycles. The Bertz CT molecular complexity index is 1100. The van der Waals surface area contributed by atoms with Gasteiger partial charge in [0.1, 0.15) is 12.2 Å². The Morgan fingerprint density at radius 3 is 2.73 bits per heavy atom. The van der Waals surface area contributed by atoms with E-state index in [-0.39, 0.29) is 18.8 Å². The molecule has 1 saturated heterocycles. The summed E-state index contributed by atoms with van der Waals surface area (Å²) in [6.45, 7) is 7.01. The third kappa shape index (κ3) is 6.42. The van der Waals surface area contributed by atoms with Crippen molar-refractivity contribution in [2.75, 3.05) is 25.0 Å². The molecule has 0 radical (unpaired) electrons. The van der Waals surface area contributed by atoms with Gasteiger partial charge in [-0.05, 0) is 18.5 Å². The molecule has 15 heteroatoms. The third-order valence-corrected chi connectivity index (χ3v) is 8.35. The highest BCUT2D eigenvalue weighted by Gasteiger charge is 2.51. The van der Waals surface area contributed by atoms with Gasteiger partial charge in [0.05, 0.1) is 6.20 Å². The minimum atomic E-state index is -5.41. The van der Waals surface area contributed by atoms with E-state index in [1.54, 1.807) is 16.8 Å². The summed E-state index contributed by atoms with van der Waals surface area (Å²) in [6, 6.07) is 1.30. The fourth-order valence-corrected chi connectivity index (χ4v) is 4.99. The van der Waals surface area contributed by atoms with Crippen LogP contribution in [-0.4, -0.2) is 72.6 Å². The highest BCUT2D eigenvalue weighted by Crippen LogP contribution is 2.29. The first-order valence-electron chi connectivity index (χ1n) is 10.3. The lowest BCUT2D eigenvalue weighted by atomic mass is 10.3. The standard InChI is InChI=1S/C18H27F3N6O4SSi/c1-33(2,3)9-8-31-12-26-6-5-14-16(26)22-10-15(24-14)25-17(28)23-13-4-7-27(11-13)32(29,30)18(19,20)21/h5-6,10,13H,4,7-9,11-12H2,1-3H3,(H2,23,24,25,28). The van der Waals surface area contributed by atoms with Crippen molar-refractivity contribution in [3.8, 4) is 0 Å². The number of aromatic nitrogens is 3. The van der Waals surface area contributed by atoms with Gasteiger partial charge in [-0.1, -0.05) is 19.6 Å². The zero-order valence-corrected chi connectivity index (χ0v) is 20.3. The lowest BCUT2D eigenvalue weighted by Gasteiger charge is -2.18. The lowest BCUT2D eigenvalue weighted by Crippen LogP contribution is -2.43. The summed E-state index contributed by atoms with van der Waals surface area (Å²) < 4.78 is 68.8. The molecule has 33 heavy (non-hydrogen) atoms. The topological polar surface area (TPSA) is 118 Å². The fraction of sp³-hybridized carbons (Fsp3) is 0.611. The maximum absolute atomic E-state index is 12.7. The number of rotatable bonds is 8. The van der Waals surface area contributed by atoms with E-state index in [2.05, 4.69) is 40.2 Å². The van der Waals surface area contributed by atoms with Crippen molar-refractivity contribution in [1.82, 2.24) is 24.2 Å². The van der Waals surface area contributed by atoms with Gasteiger partial charge >= 0.3 is 21.6 Å². The zero-order valence-electron chi connectivity index (χ0n) is 18.5. The van der Waals surface area contributed by atoms with Crippen LogP contribution in [0, 0.1) is 0 Å². The van der Waals surface area contributed by atoms with E-state index >= 15 is 0 Å². The van der Waals surface area contributed by atoms with Gasteiger partial charge in [-0.15, -0.1) is 0 Å². The number of anilines is 1. The minimum Gasteiger partial charge on any atom is -0.361 e. The molecule has 2 amide bonds. The van der Waals surface area contributed by atoms with Crippen LogP contribution in [0.4, 0.5) is 23.8 Å². The van der Waals surface area contributed by atoms with E-state index in [0.29, 0.717) is 28.8 Å². The highest BCUT2D eigenvalue weighted by atomic mass is 32.2. The van der Waals surface area contributed by atoms with Crippen LogP contribution in [-0.2, 0) is 21.5 Å². The first-order chi connectivity index (χ1) is 15.3. The molecule has 2 aromatic rings. The summed E-state index contributed by atoms with van der Waals surface area (Å²) in [7, 11) is -6.60. The van der Waals surface area contributed by atoms with Crippen LogP contribution < -0.4 is 10.6 Å². The van der Waals surface area contributed by atoms with E-state index in [1.807, 2.05) is 0 Å². The molecular formula is C18H27F3N6O4SSi. The molecule has 184 valence electrons. The molecule has 1 aliphatic heterocycles. The molecule has 1 fully saturated rings. The molecule has 1 atom stereocenters. The Morgan fingerprint density at radius 1 is 1.33 bits per heavy atom. The van der Waals surface area contributed by atoms with E-state index in [4.69, 9.17) is 4.74 Å². The Kier molecular flexibility index (Phi) is 7.35. The third-order valence-electron chi connectivity index (χ3n) is 5.05. The Morgan fingerprint density at radius 2 is 2.06 bits per heavy atom. The molecule has 2 aromatic heterocycles. The number of amides is 2. The van der Waals surface area contributed by atoms with E-state index in [9.17, 15) is 26.4 Å². The number of hydrogen-bond donors (Lipinski definition) is 2. The number of fused-ring (bicyclic) bond motifs is 1. The maximum atomic E-state index is 12.7. The molecule has 2 N–H and O–H groups in total. The second kappa shape index (κ2) is 9.56. The number of carbonyl (C=O) groups excluding carboxylic acids is 1. The largest absolute Gasteiger partial charge is 0.511 e. The Hall–Kier alpha value is -2.23. The Labute approximate surface area is 190 Å². The summed E-state index contributed by atoms with van der Waals surface area (Å²) in [6.07, 6.45) is 3.20. The highest BCUT2D eigenvalue weighted by molar-refractivity contribution is 7.90. The monoisotopic (exact) mass is 508 g/mol. The van der Waals surface area contributed by atoms with Crippen LogP contribution in [0.1, 0.15) is 6.42 Å². The predicted molar refractivity (Wildman–Crippen MR) is 119 cm³/mol. The van der Waals surface area contributed by atoms with Crippen LogP contribution in [0.25, 0.3) is 11.2 Å². The van der Waals surface area contributed by atoms with E-state index < -0.39 is 42.2 Å². The molecule has 0 aromatic carbocycles. The second-order valence-corrected chi connectivity index (χ2v) is 16.5. The van der Waals surface area contributed by atoms with Crippen molar-refractivity contribution in [3.63, 3.8) is 0 Å². The predicted octanol–water partition coefficient (Wildman–Crippen LogP) is 2.79. The zero-order chi connectivity index (χ0) is 24.4. The summed E-state index contributed by atoms with van der Waals surface area (Å²) in [5.41, 5.74) is -4.26. The first-order valence-corrected chi connectivity index (χ1v) is 15.4. The molecule has 3 heterocycles. The van der Waals surface area contributed by atoms with Crippen LogP contribution in [0.5, 0.6) is 0 Å². The average molecular weight is 509 g/mol. The average Bonchev–Trinajstić information content (AvgIpc) is 3.30. The van der Waals surface area contributed by atoms with Crippen molar-refractivity contribution >= 4 is 41.1 Å². The van der Waals surface area contributed by atoms with Crippen molar-refractivity contribution in [2.24, 2.45) is 0 Å². The number of sulfonamides is 1. The first kappa shape index (κ1) is 25.4. The van der Waals surface area contributed by atoms with Gasteiger partial charge < -0.3 is 14.6 Å². The molecule has 0 spiro atoms. The van der Waals surface area contributed by atoms with Gasteiger partial charge in [0.25, 0.3) is 0 Å². The summed E-state index contributed by atoms with van der Waals surface area (Å²) in [5, 5.41) is 4.94. The number of ether oxygens (including phenoxy) is 1. The number of alkyl halides is 3. The van der Waals surface area contributed by atoms with E-state index in [1.165, 1.54) is 6.20 Å². The fourth-order valence-electron chi connectivity index (χ4n) is 3.22. The SMILES string of the molecule is C[Si](C)(C)CCOCn1ccc2nc(NC(=O)NC3CCN(S(=O)(=O)C(F)(F)F)C3)cnc21. The van der Waals surface area contributed by atoms with Crippen molar-refractivity contribution in [1.29, 1.82) is 0 Å². The van der Waals surface area contributed by atoms with Gasteiger partial charge in [0.2, 0.25) is 0 Å². The number of nitrogens with zero attached hydrogens (tertiary/aromatic N) is 4. The number of nitrogens with one attached hydrogen (secondary N) is 2. The molecule has 3 rings (SSSR count). The summed E-state index contributed by atoms with van der Waals surface area (Å²) in [4.78, 5) is 20.8. The maximum Gasteiger partial charge on any atom is 0.511 e. The van der Waals surface area contributed by atoms with Gasteiger partial charge in [-0.2, -0.15) is 17.5 Å². The van der Waals surface area contributed by atoms with Crippen molar-refractivity contribution < 1.29 is 31.1 Å². The molecular weight excluding hydrogens is 481 g/mol. The van der Waals surface area contributed by atoms with Gasteiger partial charge in [0, 0.05) is 40.0 Å². The number of halogens is 3. The van der Waals surface area contributed by atoms with E-state index in [0.717, 1.165) is 6.04 Å². The van der Waals surface area contributed by atoms with Crippen LogP contribution >= 0.6 is 0 Å². The van der Waals surface area contributed by atoms with Crippen LogP contribution in [0.2, 0.25) is 25.7 Å². The van der Waals surface area contributed by atoms with Gasteiger partial charge in [-0.3, -0.25) is 5.32 Å². The summed E-state index contributed by atoms with van der Waals surface area (Å²) >= 11 is 0. The quantitative estimate of drug-likeness (QED) is 0.418. The number of hydrogen-bond acceptors (Lipinski definition) is 6. The summed E-state index contributed by atoms with van der Waals surface area (Å²) in [5.74, 6) is 0.148. The minimum absolute atomic E-state index is 0.0635. The molecule has 0 saturated carbocycles. The smallest absolute Gasteiger partial charge is 0.361 e. The molecule has 1 aliphatic rings. The second-order valence-electron chi connectivity index (χ2n) is 8.99. The number of carbonyl (C=O) groups is 1. The lowest BCUT2D eigenvalue weighted by molar-refractivity contribution is -0.0483. The van der Waals surface area contributed by atoms with Gasteiger partial charge in [0.15, 0.2) is 11.5 Å². The normalized spacial score (nSPS) is 18.1.